The molecule has 0 atom stereocenters. The van der Waals surface area contributed by atoms with E-state index in [9.17, 15) is 9.18 Å². The number of anilines is 1. The molecule has 0 heterocycles. The molecule has 1 aromatic carbocycles. The van der Waals surface area contributed by atoms with Crippen LogP contribution in [0, 0.1) is 5.82 Å². The molecule has 1 amide bonds. The highest BCUT2D eigenvalue weighted by atomic mass is 35.5. The van der Waals surface area contributed by atoms with Crippen molar-refractivity contribution in [2.24, 2.45) is 5.73 Å². The fraction of sp³-hybridized carbons (Fsp3) is 0.500. The number of nitrogens with two attached hydrogens (primary N) is 1. The lowest BCUT2D eigenvalue weighted by atomic mass is 9.80. The van der Waals surface area contributed by atoms with Crippen LogP contribution in [0.4, 0.5) is 10.1 Å². The van der Waals surface area contributed by atoms with E-state index < -0.39 is 11.4 Å². The van der Waals surface area contributed by atoms with Gasteiger partial charge in [-0.2, -0.15) is 0 Å². The van der Waals surface area contributed by atoms with Gasteiger partial charge in [0.1, 0.15) is 5.82 Å². The molecule has 1 fully saturated rings. The van der Waals surface area contributed by atoms with Crippen LogP contribution in [-0.2, 0) is 4.79 Å². The Morgan fingerprint density at radius 2 is 2.05 bits per heavy atom. The molecule has 0 spiro atoms. The van der Waals surface area contributed by atoms with E-state index in [1.807, 2.05) is 0 Å². The first kappa shape index (κ1) is 14.3. The van der Waals surface area contributed by atoms with Crippen molar-refractivity contribution >= 4 is 23.2 Å². The molecule has 2 rings (SSSR count). The Kier molecular flexibility index (Phi) is 4.42. The molecule has 0 bridgehead atoms. The highest BCUT2D eigenvalue weighted by molar-refractivity contribution is 6.33. The van der Waals surface area contributed by atoms with Crippen LogP contribution in [0.5, 0.6) is 0 Å². The van der Waals surface area contributed by atoms with Crippen LogP contribution >= 0.6 is 11.6 Å². The Balaban J connectivity index is 1.99. The summed E-state index contributed by atoms with van der Waals surface area (Å²) in [4.78, 5) is 12.0. The van der Waals surface area contributed by atoms with Gasteiger partial charge in [0.2, 0.25) is 5.91 Å². The maximum Gasteiger partial charge on any atom is 0.226 e. The average Bonchev–Trinajstić information content (AvgIpc) is 2.34. The predicted molar refractivity (Wildman–Crippen MR) is 74.7 cm³/mol. The molecule has 0 aliphatic heterocycles. The zero-order valence-electron chi connectivity index (χ0n) is 10.7. The summed E-state index contributed by atoms with van der Waals surface area (Å²) >= 11 is 5.91. The SMILES string of the molecule is NC1(CC(=O)Nc2cc(F)ccc2Cl)CCCCC1. The van der Waals surface area contributed by atoms with Gasteiger partial charge in [0, 0.05) is 12.0 Å². The van der Waals surface area contributed by atoms with Crippen LogP contribution in [0.1, 0.15) is 38.5 Å². The molecule has 0 unspecified atom stereocenters. The Hall–Kier alpha value is -1.13. The van der Waals surface area contributed by atoms with Crippen molar-refractivity contribution in [2.75, 3.05) is 5.32 Å². The van der Waals surface area contributed by atoms with Crippen LogP contribution in [0.2, 0.25) is 5.02 Å². The summed E-state index contributed by atoms with van der Waals surface area (Å²) in [6.07, 6.45) is 5.26. The van der Waals surface area contributed by atoms with E-state index in [4.69, 9.17) is 17.3 Å². The number of nitrogens with one attached hydrogen (secondary N) is 1. The van der Waals surface area contributed by atoms with Crippen LogP contribution in [0.3, 0.4) is 0 Å². The van der Waals surface area contributed by atoms with Gasteiger partial charge in [0.25, 0.3) is 0 Å². The summed E-state index contributed by atoms with van der Waals surface area (Å²) in [5.74, 6) is -0.642. The second-order valence-electron chi connectivity index (χ2n) is 5.27. The fourth-order valence-corrected chi connectivity index (χ4v) is 2.70. The van der Waals surface area contributed by atoms with Gasteiger partial charge in [-0.3, -0.25) is 4.79 Å². The van der Waals surface area contributed by atoms with E-state index in [1.54, 1.807) is 0 Å². The van der Waals surface area contributed by atoms with Crippen molar-refractivity contribution in [3.05, 3.63) is 29.0 Å². The van der Waals surface area contributed by atoms with E-state index >= 15 is 0 Å². The van der Waals surface area contributed by atoms with Gasteiger partial charge < -0.3 is 11.1 Å². The Bertz CT molecular complexity index is 473. The number of amides is 1. The molecule has 104 valence electrons. The molecule has 0 aromatic heterocycles. The van der Waals surface area contributed by atoms with Crippen LogP contribution in [-0.4, -0.2) is 11.4 Å². The van der Waals surface area contributed by atoms with Crippen molar-refractivity contribution in [3.63, 3.8) is 0 Å². The lowest BCUT2D eigenvalue weighted by molar-refractivity contribution is -0.117. The van der Waals surface area contributed by atoms with Gasteiger partial charge in [0.05, 0.1) is 10.7 Å². The second-order valence-corrected chi connectivity index (χ2v) is 5.68. The normalized spacial score (nSPS) is 18.1. The minimum atomic E-state index is -0.431. The fourth-order valence-electron chi connectivity index (χ4n) is 2.54. The Labute approximate surface area is 117 Å². The smallest absolute Gasteiger partial charge is 0.226 e. The highest BCUT2D eigenvalue weighted by Gasteiger charge is 2.30. The van der Waals surface area contributed by atoms with Gasteiger partial charge in [-0.25, -0.2) is 4.39 Å². The lowest BCUT2D eigenvalue weighted by Crippen LogP contribution is -2.44. The highest BCUT2D eigenvalue weighted by Crippen LogP contribution is 2.29. The zero-order chi connectivity index (χ0) is 13.9. The monoisotopic (exact) mass is 284 g/mol. The van der Waals surface area contributed by atoms with Gasteiger partial charge >= 0.3 is 0 Å². The summed E-state index contributed by atoms with van der Waals surface area (Å²) in [6, 6.07) is 3.89. The molecule has 3 nitrogen and oxygen atoms in total. The first-order valence-electron chi connectivity index (χ1n) is 6.52. The van der Waals surface area contributed by atoms with E-state index in [0.717, 1.165) is 25.7 Å². The minimum Gasteiger partial charge on any atom is -0.325 e. The number of rotatable bonds is 3. The third-order valence-corrected chi connectivity index (χ3v) is 3.89. The third kappa shape index (κ3) is 3.91. The number of carbonyl (C=O) groups excluding carboxylic acids is 1. The van der Waals surface area contributed by atoms with Crippen molar-refractivity contribution in [1.29, 1.82) is 0 Å². The van der Waals surface area contributed by atoms with Crippen LogP contribution in [0.15, 0.2) is 18.2 Å². The topological polar surface area (TPSA) is 55.1 Å². The summed E-state index contributed by atoms with van der Waals surface area (Å²) in [7, 11) is 0. The predicted octanol–water partition coefficient (Wildman–Crippen LogP) is 3.47. The maximum atomic E-state index is 13.1. The van der Waals surface area contributed by atoms with Crippen LogP contribution in [0.25, 0.3) is 0 Å². The molecule has 5 heteroatoms. The molecule has 1 aliphatic carbocycles. The van der Waals surface area contributed by atoms with Gasteiger partial charge in [-0.1, -0.05) is 30.9 Å². The molecule has 0 saturated heterocycles. The van der Waals surface area contributed by atoms with E-state index in [-0.39, 0.29) is 12.3 Å². The Morgan fingerprint density at radius 1 is 1.37 bits per heavy atom. The summed E-state index contributed by atoms with van der Waals surface area (Å²) in [5, 5.41) is 2.96. The number of benzene rings is 1. The van der Waals surface area contributed by atoms with E-state index in [0.29, 0.717) is 10.7 Å². The standard InChI is InChI=1S/C14H18ClFN2O/c15-11-5-4-10(16)8-12(11)18-13(19)9-14(17)6-2-1-3-7-14/h4-5,8H,1-3,6-7,9,17H2,(H,18,19). The number of carbonyl (C=O) groups is 1. The van der Waals surface area contributed by atoms with Crippen molar-refractivity contribution in [1.82, 2.24) is 0 Å². The number of hydrogen-bond acceptors (Lipinski definition) is 2. The van der Waals surface area contributed by atoms with Gasteiger partial charge in [0.15, 0.2) is 0 Å². The van der Waals surface area contributed by atoms with Gasteiger partial charge in [-0.05, 0) is 31.0 Å². The minimum absolute atomic E-state index is 0.211. The molecule has 1 saturated carbocycles. The first-order chi connectivity index (χ1) is 8.98. The van der Waals surface area contributed by atoms with Gasteiger partial charge in [-0.15, -0.1) is 0 Å². The van der Waals surface area contributed by atoms with Crippen molar-refractivity contribution in [3.8, 4) is 0 Å². The summed E-state index contributed by atoms with van der Waals surface area (Å²) < 4.78 is 13.1. The van der Waals surface area contributed by atoms with Crippen molar-refractivity contribution < 1.29 is 9.18 Å². The molecular weight excluding hydrogens is 267 g/mol. The average molecular weight is 285 g/mol. The molecule has 0 radical (unpaired) electrons. The summed E-state index contributed by atoms with van der Waals surface area (Å²) in [6.45, 7) is 0. The Morgan fingerprint density at radius 3 is 2.74 bits per heavy atom. The van der Waals surface area contributed by atoms with Crippen LogP contribution < -0.4 is 11.1 Å². The molecule has 19 heavy (non-hydrogen) atoms. The molecule has 1 aromatic rings. The molecular formula is C14H18ClFN2O. The van der Waals surface area contributed by atoms with Crippen molar-refractivity contribution in [2.45, 2.75) is 44.1 Å². The third-order valence-electron chi connectivity index (χ3n) is 3.56. The summed E-state index contributed by atoms with van der Waals surface area (Å²) in [5.41, 5.74) is 6.08. The molecule has 3 N–H and O–H groups in total. The quantitative estimate of drug-likeness (QED) is 0.893. The largest absolute Gasteiger partial charge is 0.325 e. The van der Waals surface area contributed by atoms with E-state index in [2.05, 4.69) is 5.32 Å². The zero-order valence-corrected chi connectivity index (χ0v) is 11.5. The molecule has 1 aliphatic rings. The first-order valence-corrected chi connectivity index (χ1v) is 6.90. The number of hydrogen-bond donors (Lipinski definition) is 2. The second kappa shape index (κ2) is 5.88. The lowest BCUT2D eigenvalue weighted by Gasteiger charge is -2.32. The number of halogens is 2. The van der Waals surface area contributed by atoms with E-state index in [1.165, 1.54) is 24.6 Å². The maximum absolute atomic E-state index is 13.1.